The van der Waals surface area contributed by atoms with Crippen molar-refractivity contribution < 1.29 is 0 Å². The Hall–Kier alpha value is -0.670. The average Bonchev–Trinajstić information content (AvgIpc) is 2.03. The van der Waals surface area contributed by atoms with Crippen LogP contribution >= 0.6 is 23.5 Å². The van der Waals surface area contributed by atoms with Crippen molar-refractivity contribution in [2.24, 2.45) is 4.99 Å². The third-order valence-corrected chi connectivity index (χ3v) is 2.72. The Morgan fingerprint density at radius 3 is 3.17 bits per heavy atom. The van der Waals surface area contributed by atoms with Crippen molar-refractivity contribution in [1.29, 1.82) is 0 Å². The predicted octanol–water partition coefficient (Wildman–Crippen LogP) is 3.00. The SMILES string of the molecule is CC1=Nc2cc(Cl)ccc2SN1. The van der Waals surface area contributed by atoms with Crippen molar-refractivity contribution in [3.8, 4) is 0 Å². The molecule has 0 fully saturated rings. The second-order valence-corrected chi connectivity index (χ2v) is 3.80. The van der Waals surface area contributed by atoms with Gasteiger partial charge in [0.25, 0.3) is 0 Å². The topological polar surface area (TPSA) is 24.4 Å². The minimum atomic E-state index is 0.729. The molecule has 1 aliphatic rings. The largest absolute Gasteiger partial charge is 0.314 e. The van der Waals surface area contributed by atoms with Gasteiger partial charge < -0.3 is 4.72 Å². The van der Waals surface area contributed by atoms with Crippen molar-refractivity contribution in [1.82, 2.24) is 4.72 Å². The Kier molecular flexibility index (Phi) is 1.98. The third kappa shape index (κ3) is 1.42. The van der Waals surface area contributed by atoms with E-state index >= 15 is 0 Å². The number of hydrogen-bond donors (Lipinski definition) is 1. The van der Waals surface area contributed by atoms with Crippen LogP contribution in [0.25, 0.3) is 0 Å². The predicted molar refractivity (Wildman–Crippen MR) is 53.2 cm³/mol. The summed E-state index contributed by atoms with van der Waals surface area (Å²) < 4.78 is 3.08. The molecule has 0 saturated heterocycles. The first-order valence-electron chi connectivity index (χ1n) is 3.53. The summed E-state index contributed by atoms with van der Waals surface area (Å²) in [6, 6.07) is 5.70. The fourth-order valence-corrected chi connectivity index (χ4v) is 1.81. The molecule has 0 aliphatic carbocycles. The fourth-order valence-electron chi connectivity index (χ4n) is 0.997. The Balaban J connectivity index is 2.53. The first-order valence-corrected chi connectivity index (χ1v) is 4.73. The van der Waals surface area contributed by atoms with Gasteiger partial charge in [0, 0.05) is 5.02 Å². The number of nitrogens with one attached hydrogen (secondary N) is 1. The van der Waals surface area contributed by atoms with Crippen LogP contribution in [0.4, 0.5) is 5.69 Å². The summed E-state index contributed by atoms with van der Waals surface area (Å²) in [6.45, 7) is 1.93. The summed E-state index contributed by atoms with van der Waals surface area (Å²) in [5.74, 6) is 0.912. The average molecular weight is 199 g/mol. The normalized spacial score (nSPS) is 14.7. The highest BCUT2D eigenvalue weighted by Gasteiger charge is 2.08. The molecular weight excluding hydrogens is 192 g/mol. The third-order valence-electron chi connectivity index (χ3n) is 1.52. The number of rotatable bonds is 0. The van der Waals surface area contributed by atoms with Gasteiger partial charge in [0.15, 0.2) is 0 Å². The summed E-state index contributed by atoms with van der Waals surface area (Å²) in [4.78, 5) is 5.42. The molecule has 0 radical (unpaired) electrons. The number of nitrogens with zero attached hydrogens (tertiary/aromatic N) is 1. The summed E-state index contributed by atoms with van der Waals surface area (Å²) >= 11 is 7.39. The molecule has 1 aromatic carbocycles. The van der Waals surface area contributed by atoms with E-state index in [0.29, 0.717) is 0 Å². The molecule has 4 heteroatoms. The zero-order valence-electron chi connectivity index (χ0n) is 6.47. The molecule has 2 nitrogen and oxygen atoms in total. The van der Waals surface area contributed by atoms with Crippen LogP contribution in [-0.4, -0.2) is 5.84 Å². The Labute approximate surface area is 80.2 Å². The van der Waals surface area contributed by atoms with Crippen LogP contribution in [-0.2, 0) is 0 Å². The van der Waals surface area contributed by atoms with E-state index in [1.165, 1.54) is 0 Å². The lowest BCUT2D eigenvalue weighted by molar-refractivity contribution is 1.27. The second kappa shape index (κ2) is 2.99. The minimum Gasteiger partial charge on any atom is -0.314 e. The number of benzene rings is 1. The second-order valence-electron chi connectivity index (χ2n) is 2.51. The van der Waals surface area contributed by atoms with Crippen molar-refractivity contribution in [3.63, 3.8) is 0 Å². The summed E-state index contributed by atoms with van der Waals surface area (Å²) in [5.41, 5.74) is 0.948. The summed E-state index contributed by atoms with van der Waals surface area (Å²) in [6.07, 6.45) is 0. The monoisotopic (exact) mass is 198 g/mol. The van der Waals surface area contributed by atoms with Crippen molar-refractivity contribution >= 4 is 35.1 Å². The molecule has 1 aliphatic heterocycles. The van der Waals surface area contributed by atoms with Crippen molar-refractivity contribution in [2.45, 2.75) is 11.8 Å². The van der Waals surface area contributed by atoms with E-state index in [1.807, 2.05) is 25.1 Å². The number of halogens is 1. The van der Waals surface area contributed by atoms with Crippen LogP contribution in [0.1, 0.15) is 6.92 Å². The lowest BCUT2D eigenvalue weighted by Crippen LogP contribution is -2.13. The van der Waals surface area contributed by atoms with Gasteiger partial charge in [-0.3, -0.25) is 0 Å². The van der Waals surface area contributed by atoms with Crippen LogP contribution in [0.2, 0.25) is 5.02 Å². The van der Waals surface area contributed by atoms with Gasteiger partial charge in [0.05, 0.1) is 10.6 Å². The van der Waals surface area contributed by atoms with Gasteiger partial charge in [0.2, 0.25) is 0 Å². The zero-order chi connectivity index (χ0) is 8.55. The van der Waals surface area contributed by atoms with Crippen LogP contribution in [0.15, 0.2) is 28.1 Å². The first-order chi connectivity index (χ1) is 5.75. The Bertz CT molecular complexity index is 349. The molecule has 1 N–H and O–H groups in total. The molecule has 12 heavy (non-hydrogen) atoms. The molecule has 0 unspecified atom stereocenters. The van der Waals surface area contributed by atoms with E-state index in [1.54, 1.807) is 11.9 Å². The van der Waals surface area contributed by atoms with Gasteiger partial charge in [-0.15, -0.1) is 0 Å². The standard InChI is InChI=1S/C8H7ClN2S/c1-5-10-7-4-6(9)2-3-8(7)12-11-5/h2-4H,1H3,(H,10,11). The maximum Gasteiger partial charge on any atom is 0.109 e. The molecule has 62 valence electrons. The quantitative estimate of drug-likeness (QED) is 0.649. The van der Waals surface area contributed by atoms with E-state index in [-0.39, 0.29) is 0 Å². The van der Waals surface area contributed by atoms with Gasteiger partial charge >= 0.3 is 0 Å². The first kappa shape index (κ1) is 7.95. The molecule has 1 heterocycles. The maximum atomic E-state index is 5.83. The van der Waals surface area contributed by atoms with Crippen LogP contribution in [0.5, 0.6) is 0 Å². The van der Waals surface area contributed by atoms with Crippen molar-refractivity contribution in [3.05, 3.63) is 23.2 Å². The highest BCUT2D eigenvalue weighted by Crippen LogP contribution is 2.33. The van der Waals surface area contributed by atoms with Crippen LogP contribution < -0.4 is 4.72 Å². The Morgan fingerprint density at radius 2 is 2.33 bits per heavy atom. The van der Waals surface area contributed by atoms with E-state index in [9.17, 15) is 0 Å². The molecule has 2 rings (SSSR count). The molecular formula is C8H7ClN2S. The van der Waals surface area contributed by atoms with E-state index in [4.69, 9.17) is 11.6 Å². The maximum absolute atomic E-state index is 5.83. The van der Waals surface area contributed by atoms with E-state index in [2.05, 4.69) is 9.71 Å². The van der Waals surface area contributed by atoms with Gasteiger partial charge in [-0.1, -0.05) is 11.6 Å². The summed E-state index contributed by atoms with van der Waals surface area (Å²) in [5, 5.41) is 0.729. The zero-order valence-corrected chi connectivity index (χ0v) is 8.04. The van der Waals surface area contributed by atoms with Gasteiger partial charge in [-0.2, -0.15) is 0 Å². The fraction of sp³-hybridized carbons (Fsp3) is 0.125. The molecule has 1 aromatic rings. The minimum absolute atomic E-state index is 0.729. The molecule has 0 spiro atoms. The van der Waals surface area contributed by atoms with Gasteiger partial charge in [-0.25, -0.2) is 4.99 Å². The smallest absolute Gasteiger partial charge is 0.109 e. The number of aliphatic imine (C=N–C) groups is 1. The lowest BCUT2D eigenvalue weighted by atomic mass is 10.3. The van der Waals surface area contributed by atoms with E-state index < -0.39 is 0 Å². The highest BCUT2D eigenvalue weighted by molar-refractivity contribution is 7.98. The summed E-state index contributed by atoms with van der Waals surface area (Å²) in [7, 11) is 0. The van der Waals surface area contributed by atoms with Crippen LogP contribution in [0.3, 0.4) is 0 Å². The Morgan fingerprint density at radius 1 is 1.50 bits per heavy atom. The highest BCUT2D eigenvalue weighted by atomic mass is 35.5. The molecule has 0 atom stereocenters. The molecule has 0 aromatic heterocycles. The van der Waals surface area contributed by atoms with Gasteiger partial charge in [0.1, 0.15) is 5.84 Å². The molecule has 0 bridgehead atoms. The number of hydrogen-bond acceptors (Lipinski definition) is 3. The van der Waals surface area contributed by atoms with E-state index in [0.717, 1.165) is 21.4 Å². The van der Waals surface area contributed by atoms with Crippen LogP contribution in [0, 0.1) is 0 Å². The molecule has 0 amide bonds. The van der Waals surface area contributed by atoms with Gasteiger partial charge in [-0.05, 0) is 37.1 Å². The molecule has 0 saturated carbocycles. The number of fused-ring (bicyclic) bond motifs is 1. The number of amidine groups is 1. The lowest BCUT2D eigenvalue weighted by Gasteiger charge is -2.13. The van der Waals surface area contributed by atoms with Crippen molar-refractivity contribution in [2.75, 3.05) is 0 Å².